The van der Waals surface area contributed by atoms with Crippen molar-refractivity contribution in [3.63, 3.8) is 0 Å². The number of anilines is 2. The highest BCUT2D eigenvalue weighted by atomic mass is 32.1. The van der Waals surface area contributed by atoms with Crippen LogP contribution in [0.25, 0.3) is 0 Å². The van der Waals surface area contributed by atoms with Gasteiger partial charge in [0.05, 0.1) is 0 Å². The second-order valence-corrected chi connectivity index (χ2v) is 5.66. The summed E-state index contributed by atoms with van der Waals surface area (Å²) in [5.74, 6) is 0.956. The summed E-state index contributed by atoms with van der Waals surface area (Å²) >= 11 is 5.39. The molecule has 2 aromatic rings. The molecule has 0 amide bonds. The summed E-state index contributed by atoms with van der Waals surface area (Å²) in [5, 5.41) is 7.44. The van der Waals surface area contributed by atoms with Crippen molar-refractivity contribution in [1.29, 1.82) is 0 Å². The summed E-state index contributed by atoms with van der Waals surface area (Å²) in [4.78, 5) is 2.27. The second kappa shape index (κ2) is 5.79. The zero-order chi connectivity index (χ0) is 13.9. The largest absolute Gasteiger partial charge is 0.311 e. The molecule has 1 heterocycles. The maximum atomic E-state index is 5.39. The van der Waals surface area contributed by atoms with Crippen LogP contribution in [0.2, 0.25) is 0 Å². The number of para-hydroxylation sites is 1. The molecule has 0 bridgehead atoms. The van der Waals surface area contributed by atoms with E-state index in [1.165, 1.54) is 18.5 Å². The summed E-state index contributed by atoms with van der Waals surface area (Å²) in [5.41, 5.74) is 1.18. The summed E-state index contributed by atoms with van der Waals surface area (Å²) in [6, 6.07) is 11.0. The van der Waals surface area contributed by atoms with Crippen molar-refractivity contribution in [2.45, 2.75) is 38.6 Å². The quantitative estimate of drug-likeness (QED) is 0.809. The number of unbranched alkanes of at least 4 members (excludes halogenated alkanes) is 1. The van der Waals surface area contributed by atoms with Crippen molar-refractivity contribution in [3.8, 4) is 0 Å². The smallest absolute Gasteiger partial charge is 0.230 e. The molecule has 1 aliphatic rings. The normalized spacial score (nSPS) is 14.4. The topological polar surface area (TPSA) is 36.9 Å². The first-order chi connectivity index (χ1) is 9.81. The highest BCUT2D eigenvalue weighted by molar-refractivity contribution is 7.71. The molecule has 5 heteroatoms. The Kier molecular flexibility index (Phi) is 3.87. The average molecular weight is 288 g/mol. The van der Waals surface area contributed by atoms with E-state index in [2.05, 4.69) is 50.9 Å². The lowest BCUT2D eigenvalue weighted by atomic mass is 10.2. The van der Waals surface area contributed by atoms with Gasteiger partial charge in [-0.3, -0.25) is 4.57 Å². The number of hydrogen-bond donors (Lipinski definition) is 1. The van der Waals surface area contributed by atoms with E-state index in [9.17, 15) is 0 Å². The first-order valence-corrected chi connectivity index (χ1v) is 7.71. The lowest BCUT2D eigenvalue weighted by molar-refractivity contribution is 0.695. The molecule has 1 saturated carbocycles. The standard InChI is InChI=1S/C15H20N4S/c1-2-3-11-18(12-7-5-4-6-8-12)14-16-17-15(20)19(14)13-9-10-13/h4-8,13H,2-3,9-11H2,1H3,(H,17,20). The molecule has 0 radical (unpaired) electrons. The Morgan fingerprint density at radius 3 is 2.75 bits per heavy atom. The molecule has 0 aliphatic heterocycles. The number of benzene rings is 1. The maximum Gasteiger partial charge on any atom is 0.230 e. The van der Waals surface area contributed by atoms with Crippen molar-refractivity contribution in [2.24, 2.45) is 0 Å². The minimum absolute atomic E-state index is 0.532. The number of hydrogen-bond acceptors (Lipinski definition) is 3. The van der Waals surface area contributed by atoms with Crippen LogP contribution in [0.15, 0.2) is 30.3 Å². The van der Waals surface area contributed by atoms with Gasteiger partial charge in [0.2, 0.25) is 5.95 Å². The lowest BCUT2D eigenvalue weighted by Gasteiger charge is -2.24. The van der Waals surface area contributed by atoms with E-state index >= 15 is 0 Å². The molecule has 4 nitrogen and oxygen atoms in total. The van der Waals surface area contributed by atoms with Crippen molar-refractivity contribution in [3.05, 3.63) is 35.1 Å². The van der Waals surface area contributed by atoms with E-state index in [-0.39, 0.29) is 0 Å². The van der Waals surface area contributed by atoms with Crippen molar-refractivity contribution in [2.75, 3.05) is 11.4 Å². The fraction of sp³-hybridized carbons (Fsp3) is 0.467. The van der Waals surface area contributed by atoms with Crippen LogP contribution in [-0.2, 0) is 0 Å². The van der Waals surface area contributed by atoms with Crippen LogP contribution in [0.3, 0.4) is 0 Å². The molecule has 0 spiro atoms. The average Bonchev–Trinajstić information content (AvgIpc) is 3.24. The van der Waals surface area contributed by atoms with Gasteiger partial charge in [0.1, 0.15) is 0 Å². The van der Waals surface area contributed by atoms with Gasteiger partial charge >= 0.3 is 0 Å². The van der Waals surface area contributed by atoms with Gasteiger partial charge in [-0.2, -0.15) is 0 Å². The van der Waals surface area contributed by atoms with Crippen LogP contribution in [0.4, 0.5) is 11.6 Å². The molecule has 106 valence electrons. The number of rotatable bonds is 6. The van der Waals surface area contributed by atoms with Gasteiger partial charge in [-0.1, -0.05) is 31.5 Å². The van der Waals surface area contributed by atoms with Gasteiger partial charge in [-0.15, -0.1) is 5.10 Å². The minimum atomic E-state index is 0.532. The lowest BCUT2D eigenvalue weighted by Crippen LogP contribution is -2.22. The number of H-pyrrole nitrogens is 1. The molecule has 1 N–H and O–H groups in total. The van der Waals surface area contributed by atoms with Gasteiger partial charge in [0.15, 0.2) is 4.77 Å². The van der Waals surface area contributed by atoms with Gasteiger partial charge in [-0.05, 0) is 43.6 Å². The fourth-order valence-corrected chi connectivity index (χ4v) is 2.69. The molecule has 0 unspecified atom stereocenters. The first-order valence-electron chi connectivity index (χ1n) is 7.30. The number of nitrogens with zero attached hydrogens (tertiary/aromatic N) is 3. The molecular formula is C15H20N4S. The van der Waals surface area contributed by atoms with Crippen molar-refractivity contribution < 1.29 is 0 Å². The Balaban J connectivity index is 1.99. The highest BCUT2D eigenvalue weighted by Gasteiger charge is 2.29. The Hall–Kier alpha value is -1.62. The summed E-state index contributed by atoms with van der Waals surface area (Å²) in [6.45, 7) is 3.17. The van der Waals surface area contributed by atoms with Gasteiger partial charge in [0.25, 0.3) is 0 Å². The monoisotopic (exact) mass is 288 g/mol. The Bertz CT molecular complexity index is 612. The molecule has 0 atom stereocenters. The third-order valence-corrected chi connectivity index (χ3v) is 3.93. The van der Waals surface area contributed by atoms with E-state index in [1.807, 2.05) is 6.07 Å². The highest BCUT2D eigenvalue weighted by Crippen LogP contribution is 2.39. The second-order valence-electron chi connectivity index (χ2n) is 5.27. The zero-order valence-corrected chi connectivity index (χ0v) is 12.6. The van der Waals surface area contributed by atoms with E-state index in [0.717, 1.165) is 30.1 Å². The fourth-order valence-electron chi connectivity index (χ4n) is 2.42. The van der Waals surface area contributed by atoms with Gasteiger partial charge in [-0.25, -0.2) is 5.10 Å². The van der Waals surface area contributed by atoms with Crippen LogP contribution < -0.4 is 4.90 Å². The third kappa shape index (κ3) is 2.63. The van der Waals surface area contributed by atoms with Crippen LogP contribution in [0, 0.1) is 4.77 Å². The molecule has 20 heavy (non-hydrogen) atoms. The Morgan fingerprint density at radius 1 is 1.35 bits per heavy atom. The molecule has 0 saturated heterocycles. The van der Waals surface area contributed by atoms with Crippen molar-refractivity contribution >= 4 is 23.9 Å². The van der Waals surface area contributed by atoms with Gasteiger partial charge < -0.3 is 4.90 Å². The predicted octanol–water partition coefficient (Wildman–Crippen LogP) is 4.21. The van der Waals surface area contributed by atoms with Crippen LogP contribution >= 0.6 is 12.2 Å². The number of aromatic nitrogens is 3. The van der Waals surface area contributed by atoms with E-state index in [0.29, 0.717) is 6.04 Å². The molecule has 1 aliphatic carbocycles. The van der Waals surface area contributed by atoms with E-state index in [4.69, 9.17) is 12.2 Å². The molecule has 3 rings (SSSR count). The third-order valence-electron chi connectivity index (χ3n) is 3.64. The molecule has 1 fully saturated rings. The van der Waals surface area contributed by atoms with Crippen LogP contribution in [-0.4, -0.2) is 21.3 Å². The Morgan fingerprint density at radius 2 is 2.10 bits per heavy atom. The van der Waals surface area contributed by atoms with Crippen molar-refractivity contribution in [1.82, 2.24) is 14.8 Å². The molecular weight excluding hydrogens is 268 g/mol. The van der Waals surface area contributed by atoms with E-state index in [1.54, 1.807) is 0 Å². The summed E-state index contributed by atoms with van der Waals surface area (Å²) < 4.78 is 2.91. The summed E-state index contributed by atoms with van der Waals surface area (Å²) in [7, 11) is 0. The SMILES string of the molecule is CCCCN(c1ccccc1)c1n[nH]c(=S)n1C1CC1. The molecule has 1 aromatic carbocycles. The van der Waals surface area contributed by atoms with E-state index < -0.39 is 0 Å². The summed E-state index contributed by atoms with van der Waals surface area (Å²) in [6.07, 6.45) is 4.71. The number of aromatic amines is 1. The van der Waals surface area contributed by atoms with Gasteiger partial charge in [0, 0.05) is 18.3 Å². The van der Waals surface area contributed by atoms with Crippen LogP contribution in [0.5, 0.6) is 0 Å². The van der Waals surface area contributed by atoms with Crippen LogP contribution in [0.1, 0.15) is 38.6 Å². The Labute approximate surface area is 124 Å². The zero-order valence-electron chi connectivity index (χ0n) is 11.7. The maximum absolute atomic E-state index is 5.39. The predicted molar refractivity (Wildman–Crippen MR) is 84.0 cm³/mol. The minimum Gasteiger partial charge on any atom is -0.311 e. The first kappa shape index (κ1) is 13.4. The molecule has 1 aromatic heterocycles. The number of nitrogens with one attached hydrogen (secondary N) is 1.